The number of primary amides is 1. The van der Waals surface area contributed by atoms with Gasteiger partial charge in [-0.2, -0.15) is 0 Å². The fraction of sp³-hybridized carbons (Fsp3) is 0.407. The third-order valence-corrected chi connectivity index (χ3v) is 22.6. The first kappa shape index (κ1) is 98.8. The van der Waals surface area contributed by atoms with Crippen molar-refractivity contribution in [3.63, 3.8) is 0 Å². The van der Waals surface area contributed by atoms with E-state index in [1.165, 1.54) is 100 Å². The smallest absolute Gasteiger partial charge is 0.305 e. The highest BCUT2D eigenvalue weighted by Gasteiger charge is 2.42. The van der Waals surface area contributed by atoms with Gasteiger partial charge in [-0.25, -0.2) is 0 Å². The molecule has 8 rings (SSSR count). The average molecular weight is 1770 g/mol. The van der Waals surface area contributed by atoms with Crippen molar-refractivity contribution in [2.45, 2.75) is 165 Å². The molecule has 1 fully saturated rings. The quantitative estimate of drug-likeness (QED) is 0.0459. The van der Waals surface area contributed by atoms with Gasteiger partial charge >= 0.3 is 5.97 Å². The minimum atomic E-state index is -1.90. The summed E-state index contributed by atoms with van der Waals surface area (Å²) in [5.41, 5.74) is 9.10. The number of amides is 15. The van der Waals surface area contributed by atoms with Crippen LogP contribution in [0, 0.1) is 5.92 Å². The molecule has 7 aromatic rings. The van der Waals surface area contributed by atoms with E-state index in [-0.39, 0.29) is 74.5 Å². The first-order valence-corrected chi connectivity index (χ1v) is 42.9. The molecular weight excluding hydrogens is 1650 g/mol. The van der Waals surface area contributed by atoms with E-state index in [4.69, 9.17) is 5.73 Å². The van der Waals surface area contributed by atoms with Crippen LogP contribution in [0.3, 0.4) is 0 Å². The maximum atomic E-state index is 15.5. The molecule has 6 aromatic carbocycles. The van der Waals surface area contributed by atoms with Crippen LogP contribution in [0.2, 0.25) is 0 Å². The van der Waals surface area contributed by atoms with Crippen LogP contribution in [-0.4, -0.2) is 272 Å². The van der Waals surface area contributed by atoms with E-state index in [1.807, 2.05) is 6.92 Å². The lowest BCUT2D eigenvalue weighted by atomic mass is 9.99. The van der Waals surface area contributed by atoms with Gasteiger partial charge in [0.1, 0.15) is 78.0 Å². The molecule has 35 nitrogen and oxygen atoms in total. The maximum absolute atomic E-state index is 15.5. The molecule has 0 radical (unpaired) electrons. The Labute approximate surface area is 740 Å². The molecule has 0 spiro atoms. The number of unbranched alkanes of at least 4 members (excludes halogenated alkanes) is 1. The SMILES string of the molecule is CCCCC1C(=O)N(C)CC(=O)NC(CC(=O)O)C(=O)NC(C)C(=O)N(C)C(Cc2ccccc2)C(=O)NC(Cc2ccc(O)cc2)C(=O)N(C)CC(=O)NC(Cc2c[nH]c3ccccc23)C(=O)NC(Cc2ccc(O)cc2)C(=O)NC(CC(C)C)C(=O)NC(C(=O)NCC(N)=O)CSCC(=O)NC(Cc2ccccc2)C(=O)N(C)C(Cc2ccccc2)C(=O)N1C. The van der Waals surface area contributed by atoms with Crippen LogP contribution in [0.4, 0.5) is 0 Å². The molecule has 36 heteroatoms. The van der Waals surface area contributed by atoms with Crippen LogP contribution in [0.5, 0.6) is 11.5 Å². The first-order chi connectivity index (χ1) is 60.5. The molecule has 678 valence electrons. The van der Waals surface area contributed by atoms with Crippen molar-refractivity contribution < 1.29 is 92.0 Å². The summed E-state index contributed by atoms with van der Waals surface area (Å²) in [6.07, 6.45) is 0.103. The Balaban J connectivity index is 1.20. The molecule has 1 saturated heterocycles. The van der Waals surface area contributed by atoms with Crippen LogP contribution in [0.15, 0.2) is 170 Å². The first-order valence-electron chi connectivity index (χ1n) is 41.8. The number of likely N-dealkylation sites (N-methyl/N-ethyl adjacent to an activating group) is 5. The summed E-state index contributed by atoms with van der Waals surface area (Å²) in [5.74, 6) is -16.7. The number of aromatic nitrogens is 1. The highest BCUT2D eigenvalue weighted by atomic mass is 32.2. The summed E-state index contributed by atoms with van der Waals surface area (Å²) < 4.78 is 0. The molecule has 0 bridgehead atoms. The molecule has 1 aromatic heterocycles. The molecule has 15 amide bonds. The summed E-state index contributed by atoms with van der Waals surface area (Å²) in [6, 6.07) is 27.2. The summed E-state index contributed by atoms with van der Waals surface area (Å²) >= 11 is 0.828. The fourth-order valence-electron chi connectivity index (χ4n) is 14.6. The van der Waals surface area contributed by atoms with E-state index >= 15 is 28.8 Å². The number of carbonyl (C=O) groups excluding carboxylic acids is 15. The zero-order chi connectivity index (χ0) is 92.7. The van der Waals surface area contributed by atoms with Gasteiger partial charge in [0.05, 0.1) is 31.8 Å². The van der Waals surface area contributed by atoms with Gasteiger partial charge in [-0.1, -0.05) is 167 Å². The number of hydrogen-bond acceptors (Lipinski definition) is 19. The number of carbonyl (C=O) groups is 16. The number of hydrogen-bond donors (Lipinski definition) is 14. The maximum Gasteiger partial charge on any atom is 0.305 e. The lowest BCUT2D eigenvalue weighted by molar-refractivity contribution is -0.151. The summed E-state index contributed by atoms with van der Waals surface area (Å²) in [5, 5.41) is 55.2. The van der Waals surface area contributed by atoms with Crippen molar-refractivity contribution in [3.05, 3.63) is 203 Å². The third-order valence-electron chi connectivity index (χ3n) is 21.6. The number of phenols is 2. The lowest BCUT2D eigenvalue weighted by Crippen LogP contribution is -2.60. The van der Waals surface area contributed by atoms with Crippen LogP contribution in [0.1, 0.15) is 93.2 Å². The predicted molar refractivity (Wildman–Crippen MR) is 473 cm³/mol. The number of aromatic hydroxyl groups is 2. The van der Waals surface area contributed by atoms with E-state index in [0.717, 1.165) is 26.5 Å². The number of H-pyrrole nitrogens is 1. The molecule has 15 N–H and O–H groups in total. The average Bonchev–Trinajstić information content (AvgIpc) is 1.81. The summed E-state index contributed by atoms with van der Waals surface area (Å²) in [4.78, 5) is 242. The molecule has 2 heterocycles. The van der Waals surface area contributed by atoms with Crippen molar-refractivity contribution in [1.82, 2.24) is 77.3 Å². The van der Waals surface area contributed by atoms with Gasteiger partial charge in [0.15, 0.2) is 0 Å². The number of fused-ring (bicyclic) bond motifs is 1. The van der Waals surface area contributed by atoms with E-state index in [0.29, 0.717) is 57.1 Å². The second-order valence-electron chi connectivity index (χ2n) is 32.1. The van der Waals surface area contributed by atoms with Gasteiger partial charge in [0, 0.05) is 96.6 Å². The van der Waals surface area contributed by atoms with Crippen molar-refractivity contribution >= 4 is 117 Å². The Bertz CT molecular complexity index is 5010. The van der Waals surface area contributed by atoms with E-state index in [9.17, 15) is 63.3 Å². The lowest BCUT2D eigenvalue weighted by Gasteiger charge is -2.37. The number of aliphatic carboxylic acids is 1. The number of carboxylic acids is 1. The number of nitrogens with two attached hydrogens (primary N) is 1. The Morgan fingerprint density at radius 1 is 0.465 bits per heavy atom. The van der Waals surface area contributed by atoms with Gasteiger partial charge in [-0.3, -0.25) is 76.7 Å². The van der Waals surface area contributed by atoms with Gasteiger partial charge < -0.3 is 98.4 Å². The zero-order valence-electron chi connectivity index (χ0n) is 72.5. The molecule has 0 aliphatic carbocycles. The third kappa shape index (κ3) is 30.0. The van der Waals surface area contributed by atoms with Crippen LogP contribution >= 0.6 is 11.8 Å². The van der Waals surface area contributed by atoms with Crippen molar-refractivity contribution in [1.29, 1.82) is 0 Å². The molecule has 1 aliphatic heterocycles. The predicted octanol–water partition coefficient (Wildman–Crippen LogP) is 1.69. The summed E-state index contributed by atoms with van der Waals surface area (Å²) in [7, 11) is 6.49. The Morgan fingerprint density at radius 2 is 0.906 bits per heavy atom. The highest BCUT2D eigenvalue weighted by molar-refractivity contribution is 8.00. The van der Waals surface area contributed by atoms with Crippen LogP contribution < -0.4 is 53.6 Å². The van der Waals surface area contributed by atoms with Crippen molar-refractivity contribution in [2.24, 2.45) is 11.7 Å². The number of aromatic amines is 1. The molecular formula is C91H114N16O19S. The second kappa shape index (κ2) is 48.0. The Hall–Kier alpha value is -13.7. The number of nitrogens with zero attached hydrogens (tertiary/aromatic N) is 5. The number of rotatable bonds is 22. The van der Waals surface area contributed by atoms with Gasteiger partial charge in [-0.15, -0.1) is 11.8 Å². The van der Waals surface area contributed by atoms with Gasteiger partial charge in [-0.05, 0) is 89.4 Å². The minimum Gasteiger partial charge on any atom is -0.508 e. The van der Waals surface area contributed by atoms with Crippen LogP contribution in [-0.2, 0) is 115 Å². The van der Waals surface area contributed by atoms with E-state index in [2.05, 4.69) is 52.8 Å². The van der Waals surface area contributed by atoms with Crippen molar-refractivity contribution in [2.75, 3.05) is 66.4 Å². The largest absolute Gasteiger partial charge is 0.508 e. The van der Waals surface area contributed by atoms with E-state index in [1.54, 1.807) is 135 Å². The minimum absolute atomic E-state index is 0.0312. The second-order valence-corrected chi connectivity index (χ2v) is 33.1. The monoisotopic (exact) mass is 1770 g/mol. The number of thioether (sulfide) groups is 1. The number of nitrogens with one attached hydrogen (secondary N) is 10. The van der Waals surface area contributed by atoms with Gasteiger partial charge in [0.25, 0.3) is 0 Å². The van der Waals surface area contributed by atoms with Crippen LogP contribution in [0.25, 0.3) is 10.9 Å². The number of para-hydroxylation sites is 1. The molecule has 0 saturated carbocycles. The Morgan fingerprint density at radius 3 is 1.45 bits per heavy atom. The zero-order valence-corrected chi connectivity index (χ0v) is 73.3. The molecule has 11 unspecified atom stereocenters. The summed E-state index contributed by atoms with van der Waals surface area (Å²) in [6.45, 7) is 4.29. The normalized spacial score (nSPS) is 22.0. The number of phenolic OH excluding ortho intramolecular Hbond substituents is 2. The number of benzene rings is 6. The number of carboxylic acid groups (broad SMARTS) is 1. The topological polar surface area (TPSA) is 500 Å². The van der Waals surface area contributed by atoms with Gasteiger partial charge in [0.2, 0.25) is 88.6 Å². The van der Waals surface area contributed by atoms with E-state index < -0.39 is 193 Å². The fourth-order valence-corrected chi connectivity index (χ4v) is 15.5. The Kier molecular flexibility index (Phi) is 37.3. The highest BCUT2D eigenvalue weighted by Crippen LogP contribution is 2.24. The molecule has 11 atom stereocenters. The molecule has 127 heavy (non-hydrogen) atoms. The van der Waals surface area contributed by atoms with Crippen molar-refractivity contribution in [3.8, 4) is 11.5 Å². The standard InChI is InChI=1S/C91H114N16O19S/c1-10-11-31-73-90(125)104(6)51-78(112)97-69(47-80(114)115)82(117)95-55(4)87(122)106(8)74(44-57-25-17-13-18-26-57)86(121)101-70(43-60-34-38-63(109)39-35-60)88(123)103(5)50-77(111)96-68(46-61-48-93-65-30-22-21-29-64(61)65)85(120)100-67(41-59-32-36-62(108)37-33-59)84(119)99-66(40-54(2)3)83(118)102-72(81(116)94-49-76(92)110)52-127-53-79(113)98-71(42-56-23-15-12-16-24-56)89(124)107(9)75(91(126)105(73)7)45-58-27-19-14-20-28-58/h12-30,32-39,48,54-55,66-75,93,108-109H,10-11,31,40-47,49-53H2,1-9H3,(H2,92,110)(H,94,116)(H,95,117)(H,96,111)(H,97,112)(H,98,113)(H,99,119)(H,100,120)(H,101,121)(H,102,118)(H,114,115). The molecule has 1 aliphatic rings.